The summed E-state index contributed by atoms with van der Waals surface area (Å²) in [5.41, 5.74) is 8.69. The first-order chi connectivity index (χ1) is 10.1. The van der Waals surface area contributed by atoms with Gasteiger partial charge in [-0.05, 0) is 50.2 Å². The Morgan fingerprint density at radius 2 is 1.95 bits per heavy atom. The summed E-state index contributed by atoms with van der Waals surface area (Å²) in [5, 5.41) is 0.754. The van der Waals surface area contributed by atoms with Crippen LogP contribution >= 0.6 is 11.6 Å². The Labute approximate surface area is 133 Å². The summed E-state index contributed by atoms with van der Waals surface area (Å²) < 4.78 is 6.18. The molecule has 0 bridgehead atoms. The molecule has 2 nitrogen and oxygen atoms in total. The summed E-state index contributed by atoms with van der Waals surface area (Å²) in [7, 11) is 0. The van der Waals surface area contributed by atoms with Gasteiger partial charge in [0.2, 0.25) is 0 Å². The molecule has 0 saturated heterocycles. The minimum atomic E-state index is 0.0740. The minimum Gasteiger partial charge on any atom is -0.491 e. The van der Waals surface area contributed by atoms with Gasteiger partial charge in [0.15, 0.2) is 0 Å². The lowest BCUT2D eigenvalue weighted by Gasteiger charge is -2.32. The highest BCUT2D eigenvalue weighted by Crippen LogP contribution is 2.47. The molecule has 2 aliphatic rings. The van der Waals surface area contributed by atoms with Gasteiger partial charge >= 0.3 is 0 Å². The maximum Gasteiger partial charge on any atom is 0.141 e. The van der Waals surface area contributed by atoms with E-state index in [1.54, 1.807) is 0 Å². The van der Waals surface area contributed by atoms with Crippen molar-refractivity contribution in [3.05, 3.63) is 28.3 Å². The highest BCUT2D eigenvalue weighted by Gasteiger charge is 2.37. The molecule has 116 valence electrons. The van der Waals surface area contributed by atoms with Crippen LogP contribution in [0.1, 0.15) is 56.1 Å². The summed E-state index contributed by atoms with van der Waals surface area (Å²) in [6.45, 7) is 3.59. The van der Waals surface area contributed by atoms with E-state index in [1.165, 1.54) is 43.2 Å². The number of aryl methyl sites for hydroxylation is 1. The fourth-order valence-corrected chi connectivity index (χ4v) is 4.09. The topological polar surface area (TPSA) is 35.2 Å². The highest BCUT2D eigenvalue weighted by atomic mass is 35.5. The molecule has 0 heterocycles. The van der Waals surface area contributed by atoms with Crippen molar-refractivity contribution in [3.63, 3.8) is 0 Å². The smallest absolute Gasteiger partial charge is 0.141 e. The number of halogens is 1. The van der Waals surface area contributed by atoms with Crippen LogP contribution in [-0.2, 0) is 5.41 Å². The molecule has 0 aliphatic heterocycles. The quantitative estimate of drug-likeness (QED) is 0.863. The summed E-state index contributed by atoms with van der Waals surface area (Å²) in [4.78, 5) is 0. The fourth-order valence-electron chi connectivity index (χ4n) is 3.77. The molecule has 2 aliphatic carbocycles. The molecule has 0 spiro atoms. The number of hydrogen-bond acceptors (Lipinski definition) is 2. The first-order valence-electron chi connectivity index (χ1n) is 8.28. The molecular formula is C18H26ClNO. The van der Waals surface area contributed by atoms with Gasteiger partial charge in [-0.1, -0.05) is 36.9 Å². The molecular weight excluding hydrogens is 282 g/mol. The Kier molecular flexibility index (Phi) is 4.46. The minimum absolute atomic E-state index is 0.0740. The van der Waals surface area contributed by atoms with Gasteiger partial charge in [0.05, 0.1) is 11.6 Å². The number of benzene rings is 1. The zero-order valence-corrected chi connectivity index (χ0v) is 13.7. The largest absolute Gasteiger partial charge is 0.491 e. The summed E-state index contributed by atoms with van der Waals surface area (Å²) >= 11 is 6.51. The maximum atomic E-state index is 6.51. The van der Waals surface area contributed by atoms with Gasteiger partial charge in [-0.25, -0.2) is 0 Å². The van der Waals surface area contributed by atoms with Crippen LogP contribution in [0.5, 0.6) is 5.75 Å². The lowest BCUT2D eigenvalue weighted by molar-refractivity contribution is 0.177. The van der Waals surface area contributed by atoms with E-state index in [9.17, 15) is 0 Å². The van der Waals surface area contributed by atoms with Crippen molar-refractivity contribution in [2.45, 2.75) is 57.3 Å². The predicted octanol–water partition coefficient (Wildman–Crippen LogP) is 4.60. The van der Waals surface area contributed by atoms with Gasteiger partial charge in [0.25, 0.3) is 0 Å². The Morgan fingerprint density at radius 1 is 1.24 bits per heavy atom. The van der Waals surface area contributed by atoms with E-state index in [1.807, 2.05) is 6.07 Å². The van der Waals surface area contributed by atoms with Gasteiger partial charge in [-0.2, -0.15) is 0 Å². The van der Waals surface area contributed by atoms with Crippen LogP contribution in [-0.4, -0.2) is 13.2 Å². The highest BCUT2D eigenvalue weighted by molar-refractivity contribution is 6.32. The Morgan fingerprint density at radius 3 is 2.52 bits per heavy atom. The Bertz CT molecular complexity index is 504. The van der Waals surface area contributed by atoms with Crippen LogP contribution < -0.4 is 10.5 Å². The Hall–Kier alpha value is -0.730. The van der Waals surface area contributed by atoms with E-state index >= 15 is 0 Å². The van der Waals surface area contributed by atoms with Crippen LogP contribution in [0, 0.1) is 12.8 Å². The molecule has 0 amide bonds. The average Bonchev–Trinajstić information content (AvgIpc) is 2.88. The van der Waals surface area contributed by atoms with E-state index in [2.05, 4.69) is 13.0 Å². The second-order valence-corrected chi connectivity index (χ2v) is 7.33. The van der Waals surface area contributed by atoms with Crippen molar-refractivity contribution < 1.29 is 4.74 Å². The molecule has 1 aromatic carbocycles. The molecule has 21 heavy (non-hydrogen) atoms. The Balaban J connectivity index is 1.92. The lowest BCUT2D eigenvalue weighted by Crippen LogP contribution is -2.33. The van der Waals surface area contributed by atoms with Gasteiger partial charge in [0.1, 0.15) is 5.75 Å². The number of rotatable bonds is 5. The van der Waals surface area contributed by atoms with Gasteiger partial charge in [0, 0.05) is 17.5 Å². The number of ether oxygens (including phenoxy) is 1. The first-order valence-corrected chi connectivity index (χ1v) is 8.66. The van der Waals surface area contributed by atoms with Crippen LogP contribution in [0.15, 0.2) is 12.1 Å². The zero-order chi connectivity index (χ0) is 14.9. The summed E-state index contributed by atoms with van der Waals surface area (Å²) in [6.07, 6.45) is 8.75. The molecule has 2 N–H and O–H groups in total. The predicted molar refractivity (Wildman–Crippen MR) is 88.2 cm³/mol. The van der Waals surface area contributed by atoms with Crippen LogP contribution in [0.3, 0.4) is 0 Å². The van der Waals surface area contributed by atoms with Crippen molar-refractivity contribution in [2.75, 3.05) is 13.2 Å². The van der Waals surface area contributed by atoms with Crippen molar-refractivity contribution in [1.29, 1.82) is 0 Å². The molecule has 2 saturated carbocycles. The van der Waals surface area contributed by atoms with Crippen molar-refractivity contribution in [2.24, 2.45) is 11.7 Å². The molecule has 3 rings (SSSR count). The van der Waals surface area contributed by atoms with Gasteiger partial charge in [-0.3, -0.25) is 0 Å². The maximum absolute atomic E-state index is 6.51. The average molecular weight is 308 g/mol. The SMILES string of the molecule is Cc1cc(Cl)c(OCC2CCC2)c(C2(CN)CCCC2)c1. The third-order valence-electron chi connectivity index (χ3n) is 5.40. The van der Waals surface area contributed by atoms with E-state index in [0.717, 1.165) is 30.2 Å². The second kappa shape index (κ2) is 6.18. The van der Waals surface area contributed by atoms with Crippen molar-refractivity contribution >= 4 is 11.6 Å². The van der Waals surface area contributed by atoms with Crippen LogP contribution in [0.25, 0.3) is 0 Å². The normalized spacial score (nSPS) is 21.3. The summed E-state index contributed by atoms with van der Waals surface area (Å²) in [5.74, 6) is 1.62. The monoisotopic (exact) mass is 307 g/mol. The molecule has 0 atom stereocenters. The van der Waals surface area contributed by atoms with Gasteiger partial charge in [-0.15, -0.1) is 0 Å². The third kappa shape index (κ3) is 2.93. The van der Waals surface area contributed by atoms with Gasteiger partial charge < -0.3 is 10.5 Å². The lowest BCUT2D eigenvalue weighted by atomic mass is 9.78. The van der Waals surface area contributed by atoms with E-state index in [4.69, 9.17) is 22.1 Å². The molecule has 0 unspecified atom stereocenters. The number of hydrogen-bond donors (Lipinski definition) is 1. The molecule has 2 fully saturated rings. The van der Waals surface area contributed by atoms with Crippen LogP contribution in [0.4, 0.5) is 0 Å². The first kappa shape index (κ1) is 15.2. The standard InChI is InChI=1S/C18H26ClNO/c1-13-9-15(18(12-20)7-2-3-8-18)17(16(19)10-13)21-11-14-5-4-6-14/h9-10,14H,2-8,11-12,20H2,1H3. The molecule has 3 heteroatoms. The van der Waals surface area contributed by atoms with Crippen LogP contribution in [0.2, 0.25) is 5.02 Å². The molecule has 0 radical (unpaired) electrons. The molecule has 1 aromatic rings. The number of nitrogens with two attached hydrogens (primary N) is 1. The van der Waals surface area contributed by atoms with Crippen molar-refractivity contribution in [3.8, 4) is 5.75 Å². The zero-order valence-electron chi connectivity index (χ0n) is 13.0. The summed E-state index contributed by atoms with van der Waals surface area (Å²) in [6, 6.07) is 4.26. The van der Waals surface area contributed by atoms with E-state index < -0.39 is 0 Å². The third-order valence-corrected chi connectivity index (χ3v) is 5.68. The van der Waals surface area contributed by atoms with E-state index in [-0.39, 0.29) is 5.41 Å². The molecule has 0 aromatic heterocycles. The fraction of sp³-hybridized carbons (Fsp3) is 0.667. The van der Waals surface area contributed by atoms with E-state index in [0.29, 0.717) is 12.5 Å². The van der Waals surface area contributed by atoms with Crippen molar-refractivity contribution in [1.82, 2.24) is 0 Å². The second-order valence-electron chi connectivity index (χ2n) is 6.92.